The lowest BCUT2D eigenvalue weighted by Gasteiger charge is -2.09. The third-order valence-electron chi connectivity index (χ3n) is 4.68. The SMILES string of the molecule is CCc1nc2c(N)cccn2c1-c1ccc(Oc2cccc(S(C)(=O)=O)c2)cc1. The molecule has 0 saturated carbocycles. The van der Waals surface area contributed by atoms with Gasteiger partial charge < -0.3 is 10.5 Å². The molecule has 0 amide bonds. The molecule has 0 fully saturated rings. The van der Waals surface area contributed by atoms with Crippen LogP contribution in [-0.4, -0.2) is 24.1 Å². The Balaban J connectivity index is 1.68. The number of fused-ring (bicyclic) bond motifs is 1. The van der Waals surface area contributed by atoms with Crippen LogP contribution in [0.2, 0.25) is 0 Å². The molecule has 2 aromatic carbocycles. The molecule has 0 aliphatic rings. The number of aromatic nitrogens is 2. The summed E-state index contributed by atoms with van der Waals surface area (Å²) in [6.07, 6.45) is 3.91. The maximum absolute atomic E-state index is 11.7. The van der Waals surface area contributed by atoms with Crippen LogP contribution in [0.15, 0.2) is 71.8 Å². The van der Waals surface area contributed by atoms with Gasteiger partial charge in [0.15, 0.2) is 15.5 Å². The highest BCUT2D eigenvalue weighted by molar-refractivity contribution is 7.90. The molecular weight excluding hydrogens is 386 g/mol. The summed E-state index contributed by atoms with van der Waals surface area (Å²) in [5, 5.41) is 0. The summed E-state index contributed by atoms with van der Waals surface area (Å²) in [5.74, 6) is 1.09. The minimum Gasteiger partial charge on any atom is -0.457 e. The summed E-state index contributed by atoms with van der Waals surface area (Å²) < 4.78 is 31.3. The van der Waals surface area contributed by atoms with Crippen LogP contribution in [0.25, 0.3) is 16.9 Å². The molecule has 7 heteroatoms. The number of nitrogens with zero attached hydrogens (tertiary/aromatic N) is 2. The van der Waals surface area contributed by atoms with Crippen LogP contribution in [0.1, 0.15) is 12.6 Å². The Bertz CT molecular complexity index is 1290. The third kappa shape index (κ3) is 3.69. The number of benzene rings is 2. The third-order valence-corrected chi connectivity index (χ3v) is 5.79. The molecule has 0 atom stereocenters. The van der Waals surface area contributed by atoms with Crippen molar-refractivity contribution in [3.8, 4) is 22.8 Å². The van der Waals surface area contributed by atoms with Gasteiger partial charge in [0, 0.05) is 18.0 Å². The molecule has 4 aromatic rings. The van der Waals surface area contributed by atoms with Gasteiger partial charge in [0.1, 0.15) is 11.5 Å². The number of rotatable bonds is 5. The number of pyridine rings is 1. The lowest BCUT2D eigenvalue weighted by atomic mass is 10.1. The van der Waals surface area contributed by atoms with E-state index in [0.29, 0.717) is 17.2 Å². The van der Waals surface area contributed by atoms with Gasteiger partial charge in [-0.15, -0.1) is 0 Å². The van der Waals surface area contributed by atoms with Gasteiger partial charge in [0.25, 0.3) is 0 Å². The minimum atomic E-state index is -3.29. The molecule has 2 heterocycles. The van der Waals surface area contributed by atoms with Crippen LogP contribution < -0.4 is 10.5 Å². The van der Waals surface area contributed by atoms with Gasteiger partial charge in [-0.2, -0.15) is 0 Å². The molecule has 0 aliphatic carbocycles. The van der Waals surface area contributed by atoms with E-state index in [1.807, 2.05) is 47.0 Å². The van der Waals surface area contributed by atoms with Gasteiger partial charge >= 0.3 is 0 Å². The fourth-order valence-electron chi connectivity index (χ4n) is 3.27. The number of ether oxygens (including phenoxy) is 1. The van der Waals surface area contributed by atoms with E-state index in [1.54, 1.807) is 18.2 Å². The van der Waals surface area contributed by atoms with Crippen molar-refractivity contribution in [3.63, 3.8) is 0 Å². The molecule has 4 rings (SSSR count). The summed E-state index contributed by atoms with van der Waals surface area (Å²) >= 11 is 0. The summed E-state index contributed by atoms with van der Waals surface area (Å²) in [5.41, 5.74) is 10.4. The number of nitrogen functional groups attached to an aromatic ring is 1. The number of sulfone groups is 1. The number of imidazole rings is 1. The first kappa shape index (κ1) is 19.0. The van der Waals surface area contributed by atoms with E-state index in [1.165, 1.54) is 12.3 Å². The van der Waals surface area contributed by atoms with Crippen molar-refractivity contribution in [2.75, 3.05) is 12.0 Å². The molecule has 0 saturated heterocycles. The molecule has 148 valence electrons. The second-order valence-electron chi connectivity index (χ2n) is 6.79. The summed E-state index contributed by atoms with van der Waals surface area (Å²) in [6.45, 7) is 2.06. The Morgan fingerprint density at radius 3 is 2.48 bits per heavy atom. The average Bonchev–Trinajstić information content (AvgIpc) is 3.08. The number of hydrogen-bond acceptors (Lipinski definition) is 5. The predicted molar refractivity (Wildman–Crippen MR) is 114 cm³/mol. The lowest BCUT2D eigenvalue weighted by Crippen LogP contribution is -1.97. The van der Waals surface area contributed by atoms with Crippen molar-refractivity contribution in [2.24, 2.45) is 0 Å². The highest BCUT2D eigenvalue weighted by Gasteiger charge is 2.14. The Morgan fingerprint density at radius 1 is 1.03 bits per heavy atom. The minimum absolute atomic E-state index is 0.225. The number of aryl methyl sites for hydroxylation is 1. The maximum Gasteiger partial charge on any atom is 0.175 e. The average molecular weight is 407 g/mol. The fourth-order valence-corrected chi connectivity index (χ4v) is 3.93. The van der Waals surface area contributed by atoms with Crippen molar-refractivity contribution in [1.29, 1.82) is 0 Å². The van der Waals surface area contributed by atoms with Gasteiger partial charge in [-0.3, -0.25) is 4.40 Å². The summed E-state index contributed by atoms with van der Waals surface area (Å²) in [7, 11) is -3.29. The predicted octanol–water partition coefficient (Wildman–Crippen LogP) is 4.34. The van der Waals surface area contributed by atoms with Gasteiger partial charge in [-0.25, -0.2) is 13.4 Å². The normalized spacial score (nSPS) is 11.7. The van der Waals surface area contributed by atoms with E-state index in [4.69, 9.17) is 10.5 Å². The van der Waals surface area contributed by atoms with E-state index in [-0.39, 0.29) is 4.90 Å². The summed E-state index contributed by atoms with van der Waals surface area (Å²) in [4.78, 5) is 4.90. The van der Waals surface area contributed by atoms with Crippen molar-refractivity contribution in [2.45, 2.75) is 18.2 Å². The molecule has 2 aromatic heterocycles. The molecule has 0 unspecified atom stereocenters. The first-order valence-electron chi connectivity index (χ1n) is 9.20. The Labute approximate surface area is 169 Å². The van der Waals surface area contributed by atoms with Crippen molar-refractivity contribution in [1.82, 2.24) is 9.38 Å². The largest absolute Gasteiger partial charge is 0.457 e. The molecular formula is C22H21N3O3S. The number of nitrogens with two attached hydrogens (primary N) is 1. The van der Waals surface area contributed by atoms with E-state index >= 15 is 0 Å². The quantitative estimate of drug-likeness (QED) is 0.532. The zero-order chi connectivity index (χ0) is 20.6. The molecule has 0 spiro atoms. The molecule has 0 bridgehead atoms. The van der Waals surface area contributed by atoms with Gasteiger partial charge in [-0.05, 0) is 61.0 Å². The van der Waals surface area contributed by atoms with E-state index in [9.17, 15) is 8.42 Å². The molecule has 0 aliphatic heterocycles. The first-order valence-corrected chi connectivity index (χ1v) is 11.1. The Morgan fingerprint density at radius 2 is 1.79 bits per heavy atom. The second-order valence-corrected chi connectivity index (χ2v) is 8.81. The maximum atomic E-state index is 11.7. The van der Waals surface area contributed by atoms with Crippen LogP contribution in [0.4, 0.5) is 5.69 Å². The van der Waals surface area contributed by atoms with Gasteiger partial charge in [0.2, 0.25) is 0 Å². The Hall–Kier alpha value is -3.32. The summed E-state index contributed by atoms with van der Waals surface area (Å²) in [6, 6.07) is 17.8. The molecule has 29 heavy (non-hydrogen) atoms. The van der Waals surface area contributed by atoms with Crippen molar-refractivity contribution in [3.05, 3.63) is 72.6 Å². The van der Waals surface area contributed by atoms with Crippen molar-refractivity contribution >= 4 is 21.2 Å². The van der Waals surface area contributed by atoms with Crippen molar-refractivity contribution < 1.29 is 13.2 Å². The first-order chi connectivity index (χ1) is 13.9. The zero-order valence-electron chi connectivity index (χ0n) is 16.2. The zero-order valence-corrected chi connectivity index (χ0v) is 17.0. The highest BCUT2D eigenvalue weighted by Crippen LogP contribution is 2.31. The standard InChI is InChI=1S/C22H21N3O3S/c1-3-20-21(25-13-5-8-19(23)22(25)24-20)15-9-11-16(12-10-15)28-17-6-4-7-18(14-17)29(2,26)27/h4-14H,3,23H2,1-2H3. The van der Waals surface area contributed by atoms with Gasteiger partial charge in [-0.1, -0.05) is 13.0 Å². The number of anilines is 1. The second kappa shape index (κ2) is 7.25. The smallest absolute Gasteiger partial charge is 0.175 e. The van der Waals surface area contributed by atoms with E-state index in [2.05, 4.69) is 11.9 Å². The molecule has 0 radical (unpaired) electrons. The molecule has 2 N–H and O–H groups in total. The van der Waals surface area contributed by atoms with E-state index in [0.717, 1.165) is 29.0 Å². The van der Waals surface area contributed by atoms with Crippen LogP contribution in [-0.2, 0) is 16.3 Å². The Kier molecular flexibility index (Phi) is 4.76. The topological polar surface area (TPSA) is 86.7 Å². The van der Waals surface area contributed by atoms with Crippen LogP contribution in [0.5, 0.6) is 11.5 Å². The van der Waals surface area contributed by atoms with Crippen LogP contribution in [0, 0.1) is 0 Å². The molecule has 6 nitrogen and oxygen atoms in total. The van der Waals surface area contributed by atoms with Crippen LogP contribution in [0.3, 0.4) is 0 Å². The highest BCUT2D eigenvalue weighted by atomic mass is 32.2. The monoisotopic (exact) mass is 407 g/mol. The number of hydrogen-bond donors (Lipinski definition) is 1. The fraction of sp³-hybridized carbons (Fsp3) is 0.136. The lowest BCUT2D eigenvalue weighted by molar-refractivity contribution is 0.481. The van der Waals surface area contributed by atoms with Gasteiger partial charge in [0.05, 0.1) is 22.0 Å². The van der Waals surface area contributed by atoms with Crippen LogP contribution >= 0.6 is 0 Å². The van der Waals surface area contributed by atoms with E-state index < -0.39 is 9.84 Å².